The Hall–Kier alpha value is -2.84. The Balaban J connectivity index is 1.50. The summed E-state index contributed by atoms with van der Waals surface area (Å²) in [6, 6.07) is 11.6. The van der Waals surface area contributed by atoms with Crippen LogP contribution < -0.4 is 15.5 Å². The number of urea groups is 1. The highest BCUT2D eigenvalue weighted by molar-refractivity contribution is 6.32. The van der Waals surface area contributed by atoms with Crippen molar-refractivity contribution in [1.29, 1.82) is 0 Å². The maximum Gasteiger partial charge on any atom is 0.319 e. The van der Waals surface area contributed by atoms with Crippen LogP contribution in [0.1, 0.15) is 18.4 Å². The third kappa shape index (κ3) is 5.58. The minimum Gasteiger partial charge on any atom is -0.396 e. The van der Waals surface area contributed by atoms with Crippen molar-refractivity contribution < 1.29 is 14.8 Å². The Bertz CT molecular complexity index is 867. The molecule has 0 aliphatic carbocycles. The van der Waals surface area contributed by atoms with Crippen LogP contribution in [0.5, 0.6) is 0 Å². The largest absolute Gasteiger partial charge is 0.396 e. The van der Waals surface area contributed by atoms with E-state index in [1.54, 1.807) is 0 Å². The molecular formula is C20H23ClN4O4. The molecule has 29 heavy (non-hydrogen) atoms. The lowest BCUT2D eigenvalue weighted by Gasteiger charge is -2.33. The van der Waals surface area contributed by atoms with Gasteiger partial charge in [0.1, 0.15) is 5.02 Å². The fourth-order valence-corrected chi connectivity index (χ4v) is 3.47. The van der Waals surface area contributed by atoms with Crippen molar-refractivity contribution >= 4 is 34.7 Å². The molecule has 2 aromatic carbocycles. The summed E-state index contributed by atoms with van der Waals surface area (Å²) in [5.41, 5.74) is 2.10. The van der Waals surface area contributed by atoms with Crippen molar-refractivity contribution in [2.75, 3.05) is 29.9 Å². The number of aliphatic hydroxyl groups excluding tert-OH is 1. The second-order valence-electron chi connectivity index (χ2n) is 7.01. The number of halogens is 1. The first-order chi connectivity index (χ1) is 14.0. The zero-order chi connectivity index (χ0) is 20.8. The summed E-state index contributed by atoms with van der Waals surface area (Å²) in [4.78, 5) is 24.7. The van der Waals surface area contributed by atoms with Gasteiger partial charge in [-0.2, -0.15) is 0 Å². The molecule has 2 amide bonds. The molecule has 154 valence electrons. The monoisotopic (exact) mass is 418 g/mol. The zero-order valence-electron chi connectivity index (χ0n) is 15.8. The summed E-state index contributed by atoms with van der Waals surface area (Å²) in [6.45, 7) is 2.44. The number of nitrogens with one attached hydrogen (secondary N) is 2. The summed E-state index contributed by atoms with van der Waals surface area (Å²) in [5.74, 6) is 0.398. The van der Waals surface area contributed by atoms with Gasteiger partial charge in [-0.1, -0.05) is 23.7 Å². The van der Waals surface area contributed by atoms with Gasteiger partial charge in [-0.3, -0.25) is 10.1 Å². The summed E-state index contributed by atoms with van der Waals surface area (Å²) in [6.07, 6.45) is 1.98. The second-order valence-corrected chi connectivity index (χ2v) is 7.42. The molecule has 0 aromatic heterocycles. The number of carbonyl (C=O) groups excluding carboxylic acids is 1. The van der Waals surface area contributed by atoms with Gasteiger partial charge in [0.05, 0.1) is 4.92 Å². The van der Waals surface area contributed by atoms with Gasteiger partial charge < -0.3 is 20.6 Å². The molecule has 9 heteroatoms. The Labute approximate surface area is 173 Å². The first-order valence-electron chi connectivity index (χ1n) is 9.40. The van der Waals surface area contributed by atoms with Gasteiger partial charge in [-0.05, 0) is 48.6 Å². The highest BCUT2D eigenvalue weighted by atomic mass is 35.5. The molecule has 0 saturated carbocycles. The lowest BCUT2D eigenvalue weighted by Crippen LogP contribution is -2.34. The van der Waals surface area contributed by atoms with E-state index in [0.29, 0.717) is 18.2 Å². The number of anilines is 2. The Morgan fingerprint density at radius 2 is 1.90 bits per heavy atom. The van der Waals surface area contributed by atoms with E-state index in [2.05, 4.69) is 15.5 Å². The average Bonchev–Trinajstić information content (AvgIpc) is 2.74. The third-order valence-electron chi connectivity index (χ3n) is 5.03. The minimum absolute atomic E-state index is 0.0154. The van der Waals surface area contributed by atoms with Gasteiger partial charge in [-0.25, -0.2) is 4.79 Å². The van der Waals surface area contributed by atoms with Gasteiger partial charge in [-0.15, -0.1) is 0 Å². The van der Waals surface area contributed by atoms with Gasteiger partial charge in [0.2, 0.25) is 0 Å². The van der Waals surface area contributed by atoms with E-state index in [-0.39, 0.29) is 17.3 Å². The molecule has 3 N–H and O–H groups in total. The topological polar surface area (TPSA) is 108 Å². The SMILES string of the molecule is O=C(NCc1ccc(N2CCC(CO)CC2)cc1)Nc1ccc(Cl)c([N+](=O)[O-])c1. The quantitative estimate of drug-likeness (QED) is 0.488. The van der Waals surface area contributed by atoms with Crippen molar-refractivity contribution in [3.05, 3.63) is 63.2 Å². The maximum absolute atomic E-state index is 12.1. The van der Waals surface area contributed by atoms with Crippen LogP contribution in [0, 0.1) is 16.0 Å². The molecule has 0 bridgehead atoms. The molecule has 8 nitrogen and oxygen atoms in total. The number of carbonyl (C=O) groups is 1. The van der Waals surface area contributed by atoms with Crippen LogP contribution in [0.3, 0.4) is 0 Å². The maximum atomic E-state index is 12.1. The molecule has 0 radical (unpaired) electrons. The fourth-order valence-electron chi connectivity index (χ4n) is 3.29. The molecule has 0 spiro atoms. The highest BCUT2D eigenvalue weighted by Gasteiger charge is 2.18. The standard InChI is InChI=1S/C20H23ClN4O4/c21-18-6-3-16(11-19(18)25(28)29)23-20(27)22-12-14-1-4-17(5-2-14)24-9-7-15(13-26)8-10-24/h1-6,11,15,26H,7-10,12-13H2,(H2,22,23,27). The van der Waals surface area contributed by atoms with Gasteiger partial charge in [0, 0.05) is 43.7 Å². The van der Waals surface area contributed by atoms with Gasteiger partial charge in [0.15, 0.2) is 0 Å². The van der Waals surface area contributed by atoms with Crippen LogP contribution >= 0.6 is 11.6 Å². The minimum atomic E-state index is -0.598. The third-order valence-corrected chi connectivity index (χ3v) is 5.35. The number of nitrogens with zero attached hydrogens (tertiary/aromatic N) is 2. The summed E-state index contributed by atoms with van der Waals surface area (Å²) in [5, 5.41) is 25.5. The van der Waals surface area contributed by atoms with Crippen LogP contribution in [0.25, 0.3) is 0 Å². The number of amides is 2. The molecule has 3 rings (SSSR count). The average molecular weight is 419 g/mol. The number of hydrogen-bond acceptors (Lipinski definition) is 5. The van der Waals surface area contributed by atoms with Crippen LogP contribution in [-0.4, -0.2) is 35.8 Å². The number of piperidine rings is 1. The molecule has 2 aromatic rings. The number of aliphatic hydroxyl groups is 1. The van der Waals surface area contributed by atoms with Crippen molar-refractivity contribution in [2.24, 2.45) is 5.92 Å². The van der Waals surface area contributed by atoms with Crippen molar-refractivity contribution in [2.45, 2.75) is 19.4 Å². The molecule has 1 saturated heterocycles. The zero-order valence-corrected chi connectivity index (χ0v) is 16.6. The Morgan fingerprint density at radius 1 is 1.21 bits per heavy atom. The normalized spacial score (nSPS) is 14.5. The lowest BCUT2D eigenvalue weighted by molar-refractivity contribution is -0.384. The number of hydrogen-bond donors (Lipinski definition) is 3. The predicted octanol–water partition coefficient (Wildman–Crippen LogP) is 3.78. The van der Waals surface area contributed by atoms with Crippen LogP contribution in [0.15, 0.2) is 42.5 Å². The van der Waals surface area contributed by atoms with Gasteiger partial charge in [0.25, 0.3) is 5.69 Å². The summed E-state index contributed by atoms with van der Waals surface area (Å²) < 4.78 is 0. The second kappa shape index (κ2) is 9.58. The lowest BCUT2D eigenvalue weighted by atomic mass is 9.97. The first-order valence-corrected chi connectivity index (χ1v) is 9.77. The number of rotatable bonds is 6. The molecule has 1 aliphatic rings. The van der Waals surface area contributed by atoms with E-state index in [0.717, 1.165) is 37.2 Å². The van der Waals surface area contributed by atoms with E-state index in [1.165, 1.54) is 18.2 Å². The first kappa shape index (κ1) is 20.9. The Morgan fingerprint density at radius 3 is 2.52 bits per heavy atom. The van der Waals surface area contributed by atoms with E-state index in [4.69, 9.17) is 11.6 Å². The smallest absolute Gasteiger partial charge is 0.319 e. The van der Waals surface area contributed by atoms with Crippen LogP contribution in [0.2, 0.25) is 5.02 Å². The van der Waals surface area contributed by atoms with Crippen molar-refractivity contribution in [1.82, 2.24) is 5.32 Å². The fraction of sp³-hybridized carbons (Fsp3) is 0.350. The number of benzene rings is 2. The van der Waals surface area contributed by atoms with E-state index in [1.807, 2.05) is 24.3 Å². The molecule has 0 unspecified atom stereocenters. The molecule has 0 atom stereocenters. The van der Waals surface area contributed by atoms with Crippen molar-refractivity contribution in [3.8, 4) is 0 Å². The predicted molar refractivity (Wildman–Crippen MR) is 112 cm³/mol. The van der Waals surface area contributed by atoms with E-state index < -0.39 is 11.0 Å². The van der Waals surface area contributed by atoms with Crippen molar-refractivity contribution in [3.63, 3.8) is 0 Å². The molecular weight excluding hydrogens is 396 g/mol. The van der Waals surface area contributed by atoms with Crippen LogP contribution in [-0.2, 0) is 6.54 Å². The number of nitro benzene ring substituents is 1. The highest BCUT2D eigenvalue weighted by Crippen LogP contribution is 2.27. The molecule has 1 aliphatic heterocycles. The van der Waals surface area contributed by atoms with E-state index >= 15 is 0 Å². The number of nitro groups is 1. The molecule has 1 fully saturated rings. The van der Waals surface area contributed by atoms with Crippen LogP contribution in [0.4, 0.5) is 21.9 Å². The van der Waals surface area contributed by atoms with E-state index in [9.17, 15) is 20.0 Å². The Kier molecular flexibility index (Phi) is 6.90. The summed E-state index contributed by atoms with van der Waals surface area (Å²) >= 11 is 5.77. The van der Waals surface area contributed by atoms with Gasteiger partial charge >= 0.3 is 6.03 Å². The summed E-state index contributed by atoms with van der Waals surface area (Å²) in [7, 11) is 0. The molecule has 1 heterocycles.